The molecule has 1 aliphatic heterocycles. The monoisotopic (exact) mass is 281 g/mol. The van der Waals surface area contributed by atoms with Gasteiger partial charge in [-0.1, -0.05) is 0 Å². The van der Waals surface area contributed by atoms with Gasteiger partial charge in [-0.25, -0.2) is 0 Å². The largest absolute Gasteiger partial charge is 0.480 e. The molecule has 19 heavy (non-hydrogen) atoms. The van der Waals surface area contributed by atoms with Crippen molar-refractivity contribution in [1.82, 2.24) is 5.32 Å². The van der Waals surface area contributed by atoms with Crippen LogP contribution in [0.15, 0.2) is 0 Å². The molecule has 7 N–H and O–H groups in total. The zero-order chi connectivity index (χ0) is 14.7. The Hall–Kier alpha value is -0.810. The highest BCUT2D eigenvalue weighted by atomic mass is 16.6. The quantitative estimate of drug-likeness (QED) is 0.268. The maximum atomic E-state index is 10.9. The summed E-state index contributed by atoms with van der Waals surface area (Å²) in [5, 5.41) is 58.2. The van der Waals surface area contributed by atoms with Gasteiger partial charge < -0.3 is 35.4 Å². The highest BCUT2D eigenvalue weighted by Crippen LogP contribution is 2.20. The summed E-state index contributed by atoms with van der Waals surface area (Å²) < 4.78 is 5.07. The molecule has 0 amide bonds. The van der Waals surface area contributed by atoms with Gasteiger partial charge in [0.05, 0.1) is 12.7 Å². The summed E-state index contributed by atoms with van der Waals surface area (Å²) in [5.41, 5.74) is 0. The summed E-state index contributed by atoms with van der Waals surface area (Å²) in [6.07, 6.45) is -8.48. The molecule has 3 unspecified atom stereocenters. The van der Waals surface area contributed by atoms with Crippen LogP contribution in [0, 0.1) is 0 Å². The molecule has 1 heterocycles. The molecule has 1 fully saturated rings. The van der Waals surface area contributed by atoms with Gasteiger partial charge in [-0.2, -0.15) is 0 Å². The lowest BCUT2D eigenvalue weighted by Gasteiger charge is -2.41. The molecule has 0 aromatic heterocycles. The minimum atomic E-state index is -1.60. The lowest BCUT2D eigenvalue weighted by molar-refractivity contribution is -0.239. The summed E-state index contributed by atoms with van der Waals surface area (Å²) in [5.74, 6) is -1.37. The first-order valence-electron chi connectivity index (χ1n) is 5.77. The molecule has 0 aliphatic carbocycles. The summed E-state index contributed by atoms with van der Waals surface area (Å²) in [7, 11) is 0. The Morgan fingerprint density at radius 1 is 1.26 bits per heavy atom. The van der Waals surface area contributed by atoms with Crippen LogP contribution in [-0.2, 0) is 9.53 Å². The highest BCUT2D eigenvalue weighted by Gasteiger charge is 2.44. The standard InChI is InChI=1S/C10H19NO8/c1-3(13)5(10(17)18)11-9-8(16)7(15)6(14)4(2-12)19-9/h3-9,11-16H,2H2,1H3,(H,17,18)/t3?,4-,5?,6+,7+,8-,9?/m1/s1. The van der Waals surface area contributed by atoms with Crippen molar-refractivity contribution >= 4 is 5.97 Å². The average Bonchev–Trinajstić information content (AvgIpc) is 2.34. The summed E-state index contributed by atoms with van der Waals surface area (Å²) >= 11 is 0. The van der Waals surface area contributed by atoms with Gasteiger partial charge in [0.1, 0.15) is 36.7 Å². The van der Waals surface area contributed by atoms with Gasteiger partial charge in [0, 0.05) is 0 Å². The first-order valence-corrected chi connectivity index (χ1v) is 5.77. The van der Waals surface area contributed by atoms with Gasteiger partial charge in [0.25, 0.3) is 0 Å². The van der Waals surface area contributed by atoms with Crippen LogP contribution in [0.25, 0.3) is 0 Å². The number of ether oxygens (including phenoxy) is 1. The lowest BCUT2D eigenvalue weighted by Crippen LogP contribution is -2.65. The Morgan fingerprint density at radius 3 is 2.26 bits per heavy atom. The minimum Gasteiger partial charge on any atom is -0.480 e. The van der Waals surface area contributed by atoms with Crippen LogP contribution in [0.1, 0.15) is 6.92 Å². The molecule has 0 spiro atoms. The van der Waals surface area contributed by atoms with Crippen molar-refractivity contribution in [2.24, 2.45) is 0 Å². The van der Waals surface area contributed by atoms with Crippen LogP contribution in [0.2, 0.25) is 0 Å². The molecular formula is C10H19NO8. The fourth-order valence-corrected chi connectivity index (χ4v) is 1.83. The van der Waals surface area contributed by atoms with E-state index in [1.54, 1.807) is 0 Å². The normalized spacial score (nSPS) is 38.7. The number of carboxylic acids is 1. The van der Waals surface area contributed by atoms with Crippen LogP contribution < -0.4 is 5.32 Å². The molecule has 0 aromatic rings. The van der Waals surface area contributed by atoms with Crippen LogP contribution in [0.3, 0.4) is 0 Å². The number of aliphatic carboxylic acids is 1. The first kappa shape index (κ1) is 16.2. The number of carbonyl (C=O) groups is 1. The van der Waals surface area contributed by atoms with Crippen molar-refractivity contribution in [3.05, 3.63) is 0 Å². The lowest BCUT2D eigenvalue weighted by atomic mass is 9.98. The molecule has 7 atom stereocenters. The molecule has 0 radical (unpaired) electrons. The van der Waals surface area contributed by atoms with E-state index >= 15 is 0 Å². The maximum absolute atomic E-state index is 10.9. The summed E-state index contributed by atoms with van der Waals surface area (Å²) in [6.45, 7) is 0.616. The molecule has 112 valence electrons. The number of nitrogens with one attached hydrogen (secondary N) is 1. The Balaban J connectivity index is 2.78. The minimum absolute atomic E-state index is 0.616. The maximum Gasteiger partial charge on any atom is 0.323 e. The van der Waals surface area contributed by atoms with E-state index in [4.69, 9.17) is 14.9 Å². The number of aliphatic hydroxyl groups excluding tert-OH is 5. The van der Waals surface area contributed by atoms with Crippen LogP contribution in [0.5, 0.6) is 0 Å². The second-order valence-electron chi connectivity index (χ2n) is 4.47. The van der Waals surface area contributed by atoms with Crippen LogP contribution in [-0.4, -0.2) is 86.0 Å². The number of carboxylic acid groups (broad SMARTS) is 1. The van der Waals surface area contributed by atoms with Gasteiger partial charge in [-0.15, -0.1) is 0 Å². The molecule has 1 aliphatic rings. The number of hydrogen-bond acceptors (Lipinski definition) is 8. The second-order valence-corrected chi connectivity index (χ2v) is 4.47. The second kappa shape index (κ2) is 6.57. The molecule has 1 rings (SSSR count). The van der Waals surface area contributed by atoms with Crippen molar-refractivity contribution in [1.29, 1.82) is 0 Å². The van der Waals surface area contributed by atoms with E-state index in [-0.39, 0.29) is 0 Å². The van der Waals surface area contributed by atoms with Gasteiger partial charge in [-0.05, 0) is 6.92 Å². The predicted octanol–water partition coefficient (Wildman–Crippen LogP) is -3.79. The number of aliphatic hydroxyl groups is 5. The van der Waals surface area contributed by atoms with E-state index in [1.165, 1.54) is 6.92 Å². The van der Waals surface area contributed by atoms with Crippen molar-refractivity contribution < 1.29 is 40.2 Å². The molecule has 9 nitrogen and oxygen atoms in total. The number of hydrogen-bond donors (Lipinski definition) is 7. The Kier molecular flexibility index (Phi) is 5.62. The average molecular weight is 281 g/mol. The van der Waals surface area contributed by atoms with Crippen molar-refractivity contribution in [3.63, 3.8) is 0 Å². The zero-order valence-electron chi connectivity index (χ0n) is 10.2. The Morgan fingerprint density at radius 2 is 1.84 bits per heavy atom. The smallest absolute Gasteiger partial charge is 0.323 e. The van der Waals surface area contributed by atoms with Crippen molar-refractivity contribution in [2.75, 3.05) is 6.61 Å². The first-order chi connectivity index (χ1) is 8.79. The number of rotatable bonds is 5. The van der Waals surface area contributed by atoms with E-state index in [0.717, 1.165) is 0 Å². The van der Waals surface area contributed by atoms with Crippen molar-refractivity contribution in [3.8, 4) is 0 Å². The summed E-state index contributed by atoms with van der Waals surface area (Å²) in [6, 6.07) is -1.43. The van der Waals surface area contributed by atoms with Gasteiger partial charge in [0.15, 0.2) is 0 Å². The summed E-state index contributed by atoms with van der Waals surface area (Å²) in [4.78, 5) is 10.9. The third-order valence-corrected chi connectivity index (χ3v) is 2.98. The van der Waals surface area contributed by atoms with Crippen LogP contribution in [0.4, 0.5) is 0 Å². The molecule has 0 bridgehead atoms. The Bertz CT molecular complexity index is 310. The molecule has 0 aromatic carbocycles. The molecule has 1 saturated heterocycles. The van der Waals surface area contributed by atoms with Gasteiger partial charge >= 0.3 is 5.97 Å². The van der Waals surface area contributed by atoms with Crippen LogP contribution >= 0.6 is 0 Å². The molecule has 0 saturated carbocycles. The fourth-order valence-electron chi connectivity index (χ4n) is 1.83. The topological polar surface area (TPSA) is 160 Å². The third-order valence-electron chi connectivity index (χ3n) is 2.98. The van der Waals surface area contributed by atoms with E-state index in [9.17, 15) is 25.2 Å². The molecule has 9 heteroatoms. The molecular weight excluding hydrogens is 262 g/mol. The predicted molar refractivity (Wildman–Crippen MR) is 60.0 cm³/mol. The van der Waals surface area contributed by atoms with E-state index in [2.05, 4.69) is 5.32 Å². The zero-order valence-corrected chi connectivity index (χ0v) is 10.2. The SMILES string of the molecule is CC(O)C(NC1O[C@H](CO)[C@H](O)[C@H](O)[C@H]1O)C(=O)O. The Labute approximate surface area is 109 Å². The van der Waals surface area contributed by atoms with Crippen molar-refractivity contribution in [2.45, 2.75) is 49.7 Å². The van der Waals surface area contributed by atoms with E-state index < -0.39 is 55.4 Å². The van der Waals surface area contributed by atoms with Gasteiger partial charge in [0.2, 0.25) is 0 Å². The van der Waals surface area contributed by atoms with E-state index in [0.29, 0.717) is 0 Å². The third kappa shape index (κ3) is 3.60. The van der Waals surface area contributed by atoms with E-state index in [1.807, 2.05) is 0 Å². The fraction of sp³-hybridized carbons (Fsp3) is 0.900. The highest BCUT2D eigenvalue weighted by molar-refractivity contribution is 5.74. The van der Waals surface area contributed by atoms with Gasteiger partial charge in [-0.3, -0.25) is 10.1 Å².